The SMILES string of the molecule is COC(=O)CCc1nnc(-c2cnc(CCC3CCNCC3)nc2)s1.Cl. The molecule has 142 valence electrons. The molecule has 0 unspecified atom stereocenters. The Morgan fingerprint density at radius 3 is 2.65 bits per heavy atom. The normalized spacial score (nSPS) is 14.7. The van der Waals surface area contributed by atoms with Crippen LogP contribution in [0.1, 0.15) is 36.5 Å². The van der Waals surface area contributed by atoms with Crippen molar-refractivity contribution in [3.63, 3.8) is 0 Å². The molecule has 2 aromatic heterocycles. The van der Waals surface area contributed by atoms with E-state index in [1.165, 1.54) is 31.3 Å². The molecule has 0 amide bonds. The second-order valence-electron chi connectivity index (χ2n) is 6.20. The van der Waals surface area contributed by atoms with Crippen LogP contribution in [0.3, 0.4) is 0 Å². The molecule has 0 aromatic carbocycles. The molecule has 0 aliphatic carbocycles. The third-order valence-corrected chi connectivity index (χ3v) is 5.46. The highest BCUT2D eigenvalue weighted by molar-refractivity contribution is 7.14. The maximum absolute atomic E-state index is 11.2. The van der Waals surface area contributed by atoms with Gasteiger partial charge in [-0.05, 0) is 38.3 Å². The zero-order chi connectivity index (χ0) is 17.5. The van der Waals surface area contributed by atoms with Gasteiger partial charge in [0.15, 0.2) is 5.01 Å². The van der Waals surface area contributed by atoms with Gasteiger partial charge in [-0.1, -0.05) is 11.3 Å². The van der Waals surface area contributed by atoms with E-state index in [0.29, 0.717) is 12.8 Å². The first-order chi connectivity index (χ1) is 12.2. The van der Waals surface area contributed by atoms with Crippen molar-refractivity contribution in [3.8, 4) is 10.6 Å². The Labute approximate surface area is 163 Å². The molecular weight excluding hydrogens is 374 g/mol. The van der Waals surface area contributed by atoms with E-state index < -0.39 is 0 Å². The lowest BCUT2D eigenvalue weighted by molar-refractivity contribution is -0.140. The number of carbonyl (C=O) groups excluding carboxylic acids is 1. The molecule has 2 aromatic rings. The average molecular weight is 398 g/mol. The van der Waals surface area contributed by atoms with E-state index in [1.807, 2.05) is 12.4 Å². The molecule has 0 saturated carbocycles. The predicted molar refractivity (Wildman–Crippen MR) is 102 cm³/mol. The molecule has 1 fully saturated rings. The number of esters is 1. The van der Waals surface area contributed by atoms with Gasteiger partial charge in [-0.25, -0.2) is 9.97 Å². The van der Waals surface area contributed by atoms with Gasteiger partial charge in [0.1, 0.15) is 10.8 Å². The summed E-state index contributed by atoms with van der Waals surface area (Å²) in [4.78, 5) is 20.1. The molecule has 7 nitrogen and oxygen atoms in total. The lowest BCUT2D eigenvalue weighted by atomic mass is 9.93. The van der Waals surface area contributed by atoms with Crippen molar-refractivity contribution in [3.05, 3.63) is 23.2 Å². The zero-order valence-electron chi connectivity index (χ0n) is 14.8. The van der Waals surface area contributed by atoms with Crippen LogP contribution in [0.5, 0.6) is 0 Å². The highest BCUT2D eigenvalue weighted by Gasteiger charge is 2.14. The van der Waals surface area contributed by atoms with Crippen LogP contribution in [0.2, 0.25) is 0 Å². The third kappa shape index (κ3) is 5.96. The van der Waals surface area contributed by atoms with Gasteiger partial charge in [-0.2, -0.15) is 0 Å². The third-order valence-electron chi connectivity index (χ3n) is 4.42. The summed E-state index contributed by atoms with van der Waals surface area (Å²) in [6.07, 6.45) is 9.05. The number of carbonyl (C=O) groups is 1. The molecule has 9 heteroatoms. The van der Waals surface area contributed by atoms with Crippen molar-refractivity contribution in [1.29, 1.82) is 0 Å². The fourth-order valence-corrected chi connectivity index (χ4v) is 3.69. The molecule has 3 heterocycles. The van der Waals surface area contributed by atoms with Crippen molar-refractivity contribution in [1.82, 2.24) is 25.5 Å². The van der Waals surface area contributed by atoms with Crippen molar-refractivity contribution in [2.24, 2.45) is 5.92 Å². The van der Waals surface area contributed by atoms with Gasteiger partial charge in [0, 0.05) is 30.8 Å². The van der Waals surface area contributed by atoms with E-state index in [0.717, 1.165) is 53.3 Å². The first kappa shape index (κ1) is 20.7. The van der Waals surface area contributed by atoms with Gasteiger partial charge in [-0.15, -0.1) is 22.6 Å². The minimum absolute atomic E-state index is 0. The minimum Gasteiger partial charge on any atom is -0.469 e. The molecule has 1 aliphatic rings. The molecule has 0 atom stereocenters. The van der Waals surface area contributed by atoms with E-state index in [4.69, 9.17) is 0 Å². The molecule has 1 aliphatic heterocycles. The fourth-order valence-electron chi connectivity index (χ4n) is 2.88. The first-order valence-electron chi connectivity index (χ1n) is 8.66. The monoisotopic (exact) mass is 397 g/mol. The van der Waals surface area contributed by atoms with Gasteiger partial charge in [-0.3, -0.25) is 4.79 Å². The topological polar surface area (TPSA) is 89.9 Å². The van der Waals surface area contributed by atoms with E-state index in [-0.39, 0.29) is 18.4 Å². The van der Waals surface area contributed by atoms with Crippen LogP contribution in [-0.4, -0.2) is 46.3 Å². The molecule has 1 saturated heterocycles. The number of aryl methyl sites for hydroxylation is 2. The molecule has 3 rings (SSSR count). The summed E-state index contributed by atoms with van der Waals surface area (Å²) in [5, 5.41) is 13.3. The minimum atomic E-state index is -0.238. The van der Waals surface area contributed by atoms with Crippen LogP contribution in [0.25, 0.3) is 10.6 Å². The van der Waals surface area contributed by atoms with Crippen molar-refractivity contribution in [2.45, 2.75) is 38.5 Å². The second kappa shape index (κ2) is 10.5. The number of piperidine rings is 1. The second-order valence-corrected chi connectivity index (χ2v) is 7.26. The average Bonchev–Trinajstić information content (AvgIpc) is 3.14. The van der Waals surface area contributed by atoms with Crippen LogP contribution in [-0.2, 0) is 22.4 Å². The van der Waals surface area contributed by atoms with Gasteiger partial charge < -0.3 is 10.1 Å². The quantitative estimate of drug-likeness (QED) is 0.717. The smallest absolute Gasteiger partial charge is 0.305 e. The van der Waals surface area contributed by atoms with E-state index in [2.05, 4.69) is 30.2 Å². The van der Waals surface area contributed by atoms with Crippen molar-refractivity contribution < 1.29 is 9.53 Å². The number of methoxy groups -OCH3 is 1. The first-order valence-corrected chi connectivity index (χ1v) is 9.47. The Hall–Kier alpha value is -1.64. The Balaban J connectivity index is 0.00000243. The zero-order valence-corrected chi connectivity index (χ0v) is 16.4. The number of rotatable bonds is 7. The van der Waals surface area contributed by atoms with E-state index in [1.54, 1.807) is 0 Å². The Morgan fingerprint density at radius 2 is 1.96 bits per heavy atom. The van der Waals surface area contributed by atoms with E-state index >= 15 is 0 Å². The van der Waals surface area contributed by atoms with Crippen LogP contribution < -0.4 is 5.32 Å². The number of nitrogens with one attached hydrogen (secondary N) is 1. The van der Waals surface area contributed by atoms with Crippen LogP contribution >= 0.6 is 23.7 Å². The summed E-state index contributed by atoms with van der Waals surface area (Å²) in [6.45, 7) is 2.25. The van der Waals surface area contributed by atoms with Crippen LogP contribution in [0.4, 0.5) is 0 Å². The number of ether oxygens (including phenoxy) is 1. The summed E-state index contributed by atoms with van der Waals surface area (Å²) in [7, 11) is 1.39. The summed E-state index contributed by atoms with van der Waals surface area (Å²) in [5.74, 6) is 1.43. The highest BCUT2D eigenvalue weighted by Crippen LogP contribution is 2.23. The molecule has 0 bridgehead atoms. The molecule has 1 N–H and O–H groups in total. The van der Waals surface area contributed by atoms with Crippen LogP contribution in [0, 0.1) is 5.92 Å². The largest absolute Gasteiger partial charge is 0.469 e. The summed E-state index contributed by atoms with van der Waals surface area (Å²) >= 11 is 1.46. The molecule has 26 heavy (non-hydrogen) atoms. The van der Waals surface area contributed by atoms with Gasteiger partial charge >= 0.3 is 5.97 Å². The predicted octanol–water partition coefficient (Wildman–Crippen LogP) is 2.45. The number of nitrogens with zero attached hydrogens (tertiary/aromatic N) is 4. The summed E-state index contributed by atoms with van der Waals surface area (Å²) < 4.78 is 4.64. The standard InChI is InChI=1S/C17H23N5O2S.ClH/c1-24-16(23)5-4-15-21-22-17(25-15)13-10-19-14(20-11-13)3-2-12-6-8-18-9-7-12;/h10-12,18H,2-9H2,1H3;1H. The lowest BCUT2D eigenvalue weighted by Gasteiger charge is -2.21. The van der Waals surface area contributed by atoms with Crippen molar-refractivity contribution in [2.75, 3.05) is 20.2 Å². The summed E-state index contributed by atoms with van der Waals surface area (Å²) in [5.41, 5.74) is 0.868. The fraction of sp³-hybridized carbons (Fsp3) is 0.588. The lowest BCUT2D eigenvalue weighted by Crippen LogP contribution is -2.28. The Kier molecular flexibility index (Phi) is 8.34. The number of aromatic nitrogens is 4. The van der Waals surface area contributed by atoms with Gasteiger partial charge in [0.2, 0.25) is 0 Å². The number of hydrogen-bond donors (Lipinski definition) is 1. The van der Waals surface area contributed by atoms with E-state index in [9.17, 15) is 4.79 Å². The summed E-state index contributed by atoms with van der Waals surface area (Å²) in [6, 6.07) is 0. The van der Waals surface area contributed by atoms with Gasteiger partial charge in [0.05, 0.1) is 13.5 Å². The maximum Gasteiger partial charge on any atom is 0.305 e. The molecular formula is C17H24ClN5O2S. The number of halogens is 1. The Bertz CT molecular complexity index is 689. The maximum atomic E-state index is 11.2. The van der Waals surface area contributed by atoms with Gasteiger partial charge in [0.25, 0.3) is 0 Å². The molecule has 0 spiro atoms. The van der Waals surface area contributed by atoms with Crippen LogP contribution in [0.15, 0.2) is 12.4 Å². The molecule has 0 radical (unpaired) electrons. The highest BCUT2D eigenvalue weighted by atomic mass is 35.5. The Morgan fingerprint density at radius 1 is 1.23 bits per heavy atom. The number of hydrogen-bond acceptors (Lipinski definition) is 8. The van der Waals surface area contributed by atoms with Crippen molar-refractivity contribution >= 4 is 29.7 Å².